The van der Waals surface area contributed by atoms with E-state index in [0.717, 1.165) is 19.6 Å². The summed E-state index contributed by atoms with van der Waals surface area (Å²) in [6, 6.07) is 0.487. The van der Waals surface area contributed by atoms with Gasteiger partial charge >= 0.3 is 0 Å². The summed E-state index contributed by atoms with van der Waals surface area (Å²) in [6.07, 6.45) is 3.30. The molecule has 3 nitrogen and oxygen atoms in total. The van der Waals surface area contributed by atoms with Gasteiger partial charge in [-0.05, 0) is 33.7 Å². The number of nitrogens with one attached hydrogen (secondary N) is 1. The van der Waals surface area contributed by atoms with E-state index in [4.69, 9.17) is 9.47 Å². The van der Waals surface area contributed by atoms with Crippen LogP contribution in [0.5, 0.6) is 0 Å². The first-order valence-corrected chi connectivity index (χ1v) is 5.86. The summed E-state index contributed by atoms with van der Waals surface area (Å²) in [5.74, 6) is 0. The largest absolute Gasteiger partial charge is 0.380 e. The summed E-state index contributed by atoms with van der Waals surface area (Å²) in [7, 11) is 3.73. The van der Waals surface area contributed by atoms with Crippen molar-refractivity contribution in [2.45, 2.75) is 51.7 Å². The molecule has 1 atom stereocenters. The maximum atomic E-state index is 5.63. The molecule has 0 heterocycles. The Labute approximate surface area is 94.5 Å². The van der Waals surface area contributed by atoms with Crippen LogP contribution in [0.1, 0.15) is 40.0 Å². The van der Waals surface area contributed by atoms with Crippen LogP contribution < -0.4 is 5.32 Å². The molecule has 0 saturated heterocycles. The number of hydrogen-bond donors (Lipinski definition) is 1. The molecule has 1 N–H and O–H groups in total. The molecule has 15 heavy (non-hydrogen) atoms. The predicted molar refractivity (Wildman–Crippen MR) is 64.3 cm³/mol. The number of ether oxygens (including phenoxy) is 2. The van der Waals surface area contributed by atoms with Gasteiger partial charge in [-0.3, -0.25) is 0 Å². The molecular weight excluding hydrogens is 190 g/mol. The molecule has 0 aliphatic heterocycles. The second-order valence-electron chi connectivity index (χ2n) is 4.56. The van der Waals surface area contributed by atoms with Crippen molar-refractivity contribution >= 4 is 0 Å². The zero-order chi connectivity index (χ0) is 11.7. The van der Waals surface area contributed by atoms with E-state index in [-0.39, 0.29) is 5.60 Å². The molecule has 92 valence electrons. The third-order valence-corrected chi connectivity index (χ3v) is 2.77. The SMILES string of the molecule is CCCC(COCCC(C)(C)OC)NC. The van der Waals surface area contributed by atoms with Gasteiger partial charge in [-0.25, -0.2) is 0 Å². The first-order chi connectivity index (χ1) is 7.05. The molecule has 0 radical (unpaired) electrons. The summed E-state index contributed by atoms with van der Waals surface area (Å²) in [4.78, 5) is 0. The zero-order valence-corrected chi connectivity index (χ0v) is 10.9. The quantitative estimate of drug-likeness (QED) is 0.601. The van der Waals surface area contributed by atoms with Gasteiger partial charge in [0, 0.05) is 19.8 Å². The molecular formula is C12H27NO2. The lowest BCUT2D eigenvalue weighted by Crippen LogP contribution is -2.31. The molecule has 0 saturated carbocycles. The van der Waals surface area contributed by atoms with Gasteiger partial charge in [-0.2, -0.15) is 0 Å². The van der Waals surface area contributed by atoms with Crippen LogP contribution in [0.3, 0.4) is 0 Å². The maximum absolute atomic E-state index is 5.63. The van der Waals surface area contributed by atoms with Crippen molar-refractivity contribution in [2.75, 3.05) is 27.4 Å². The van der Waals surface area contributed by atoms with E-state index >= 15 is 0 Å². The van der Waals surface area contributed by atoms with E-state index in [1.54, 1.807) is 7.11 Å². The Kier molecular flexibility index (Phi) is 8.02. The fraction of sp³-hybridized carbons (Fsp3) is 1.00. The minimum absolute atomic E-state index is 0.0695. The van der Waals surface area contributed by atoms with Gasteiger partial charge in [-0.15, -0.1) is 0 Å². The first kappa shape index (κ1) is 14.9. The Morgan fingerprint density at radius 1 is 1.33 bits per heavy atom. The highest BCUT2D eigenvalue weighted by Gasteiger charge is 2.15. The Bertz CT molecular complexity index is 149. The zero-order valence-electron chi connectivity index (χ0n) is 10.9. The average molecular weight is 217 g/mol. The fourth-order valence-corrected chi connectivity index (χ4v) is 1.31. The van der Waals surface area contributed by atoms with Crippen LogP contribution in [0.25, 0.3) is 0 Å². The summed E-state index contributed by atoms with van der Waals surface area (Å²) in [5.41, 5.74) is -0.0695. The van der Waals surface area contributed by atoms with Crippen molar-refractivity contribution in [2.24, 2.45) is 0 Å². The van der Waals surface area contributed by atoms with E-state index in [0.29, 0.717) is 6.04 Å². The van der Waals surface area contributed by atoms with Gasteiger partial charge in [-0.1, -0.05) is 13.3 Å². The Morgan fingerprint density at radius 2 is 2.00 bits per heavy atom. The normalized spacial score (nSPS) is 14.2. The van der Waals surface area contributed by atoms with Crippen molar-refractivity contribution in [3.63, 3.8) is 0 Å². The van der Waals surface area contributed by atoms with Gasteiger partial charge < -0.3 is 14.8 Å². The number of likely N-dealkylation sites (N-methyl/N-ethyl adjacent to an activating group) is 1. The number of hydrogen-bond acceptors (Lipinski definition) is 3. The van der Waals surface area contributed by atoms with Crippen molar-refractivity contribution in [3.8, 4) is 0 Å². The number of methoxy groups -OCH3 is 1. The molecule has 0 aliphatic rings. The summed E-state index contributed by atoms with van der Waals surface area (Å²) >= 11 is 0. The molecule has 3 heteroatoms. The van der Waals surface area contributed by atoms with E-state index in [9.17, 15) is 0 Å². The molecule has 0 aromatic carbocycles. The third-order valence-electron chi connectivity index (χ3n) is 2.77. The summed E-state index contributed by atoms with van der Waals surface area (Å²) in [5, 5.41) is 3.26. The summed E-state index contributed by atoms with van der Waals surface area (Å²) < 4.78 is 11.0. The Balaban J connectivity index is 3.52. The van der Waals surface area contributed by atoms with Gasteiger partial charge in [0.15, 0.2) is 0 Å². The second-order valence-corrected chi connectivity index (χ2v) is 4.56. The minimum atomic E-state index is -0.0695. The lowest BCUT2D eigenvalue weighted by atomic mass is 10.1. The van der Waals surface area contributed by atoms with Crippen molar-refractivity contribution in [1.82, 2.24) is 5.32 Å². The van der Waals surface area contributed by atoms with Crippen LogP contribution in [0.2, 0.25) is 0 Å². The molecule has 0 bridgehead atoms. The Hall–Kier alpha value is -0.120. The topological polar surface area (TPSA) is 30.5 Å². The van der Waals surface area contributed by atoms with E-state index < -0.39 is 0 Å². The molecule has 0 aromatic rings. The van der Waals surface area contributed by atoms with Crippen LogP contribution >= 0.6 is 0 Å². The van der Waals surface area contributed by atoms with Gasteiger partial charge in [0.2, 0.25) is 0 Å². The highest BCUT2D eigenvalue weighted by atomic mass is 16.5. The number of rotatable bonds is 9. The van der Waals surface area contributed by atoms with Gasteiger partial charge in [0.1, 0.15) is 0 Å². The van der Waals surface area contributed by atoms with Gasteiger partial charge in [0.25, 0.3) is 0 Å². The van der Waals surface area contributed by atoms with Crippen LogP contribution in [0.15, 0.2) is 0 Å². The van der Waals surface area contributed by atoms with E-state index in [1.807, 2.05) is 7.05 Å². The van der Waals surface area contributed by atoms with Crippen molar-refractivity contribution in [3.05, 3.63) is 0 Å². The lowest BCUT2D eigenvalue weighted by molar-refractivity contribution is -0.0123. The van der Waals surface area contributed by atoms with E-state index in [1.165, 1.54) is 12.8 Å². The minimum Gasteiger partial charge on any atom is -0.380 e. The van der Waals surface area contributed by atoms with Crippen LogP contribution in [0, 0.1) is 0 Å². The molecule has 0 amide bonds. The van der Waals surface area contributed by atoms with Crippen LogP contribution in [-0.2, 0) is 9.47 Å². The smallest absolute Gasteiger partial charge is 0.0644 e. The molecule has 0 aliphatic carbocycles. The monoisotopic (exact) mass is 217 g/mol. The molecule has 1 unspecified atom stereocenters. The van der Waals surface area contributed by atoms with E-state index in [2.05, 4.69) is 26.1 Å². The molecule has 0 rings (SSSR count). The molecule has 0 aromatic heterocycles. The third kappa shape index (κ3) is 7.77. The van der Waals surface area contributed by atoms with Crippen LogP contribution in [-0.4, -0.2) is 39.0 Å². The Morgan fingerprint density at radius 3 is 2.47 bits per heavy atom. The maximum Gasteiger partial charge on any atom is 0.0644 e. The molecule has 0 spiro atoms. The average Bonchev–Trinajstić information content (AvgIpc) is 2.22. The highest BCUT2D eigenvalue weighted by Crippen LogP contribution is 2.12. The lowest BCUT2D eigenvalue weighted by Gasteiger charge is -2.23. The first-order valence-electron chi connectivity index (χ1n) is 5.86. The van der Waals surface area contributed by atoms with Crippen molar-refractivity contribution in [1.29, 1.82) is 0 Å². The van der Waals surface area contributed by atoms with Gasteiger partial charge in [0.05, 0.1) is 12.2 Å². The molecule has 0 fully saturated rings. The standard InChI is InChI=1S/C12H27NO2/c1-6-7-11(13-4)10-15-9-8-12(2,3)14-5/h11,13H,6-10H2,1-5H3. The second kappa shape index (κ2) is 8.08. The predicted octanol–water partition coefficient (Wildman–Crippen LogP) is 2.21. The van der Waals surface area contributed by atoms with Crippen molar-refractivity contribution < 1.29 is 9.47 Å². The fourth-order valence-electron chi connectivity index (χ4n) is 1.31. The van der Waals surface area contributed by atoms with Crippen LogP contribution in [0.4, 0.5) is 0 Å². The summed E-state index contributed by atoms with van der Waals surface area (Å²) in [6.45, 7) is 7.92. The highest BCUT2D eigenvalue weighted by molar-refractivity contribution is 4.67.